The molecule has 0 saturated carbocycles. The van der Waals surface area contributed by atoms with Crippen LogP contribution in [0.1, 0.15) is 0 Å². The van der Waals surface area contributed by atoms with Gasteiger partial charge in [-0.1, -0.05) is 11.6 Å². The van der Waals surface area contributed by atoms with Crippen LogP contribution in [0.15, 0.2) is 22.8 Å². The molecule has 14 heavy (non-hydrogen) atoms. The Morgan fingerprint density at radius 1 is 1.07 bits per heavy atom. The molecule has 0 radical (unpaired) electrons. The Kier molecular flexibility index (Phi) is 5.25. The van der Waals surface area contributed by atoms with E-state index in [4.69, 9.17) is 32.6 Å². The van der Waals surface area contributed by atoms with E-state index in [1.165, 1.54) is 0 Å². The normalized spacial score (nSPS) is 9.14. The fraction of sp³-hybridized carbons (Fsp3) is 0.111. The molecule has 0 spiro atoms. The van der Waals surface area contributed by atoms with Gasteiger partial charge in [-0.15, -0.1) is 0 Å². The van der Waals surface area contributed by atoms with E-state index in [1.807, 2.05) is 0 Å². The molecule has 4 nitrogen and oxygen atoms in total. The molecular formula is C9H3ClN4. The number of nitriles is 4. The third kappa shape index (κ3) is 3.93. The van der Waals surface area contributed by atoms with Gasteiger partial charge in [0.25, 0.3) is 0 Å². The molecule has 5 heteroatoms. The highest BCUT2D eigenvalue weighted by Gasteiger charge is 2.02. The van der Waals surface area contributed by atoms with Crippen molar-refractivity contribution in [3.63, 3.8) is 0 Å². The van der Waals surface area contributed by atoms with E-state index in [1.54, 1.807) is 24.3 Å². The molecule has 0 aromatic heterocycles. The predicted octanol–water partition coefficient (Wildman–Crippen LogP) is 1.75. The molecule has 0 aliphatic carbocycles. The van der Waals surface area contributed by atoms with E-state index in [-0.39, 0.29) is 10.6 Å². The summed E-state index contributed by atoms with van der Waals surface area (Å²) in [5.41, 5.74) is -0.180. The standard InChI is InChI=1S/C9H3ClN4/c10-9(1-7(3-11)4-12)2-8(5-13)6-14/h1-2,7H/b9-1+. The molecule has 0 unspecified atom stereocenters. The number of hydrogen-bond acceptors (Lipinski definition) is 4. The van der Waals surface area contributed by atoms with Gasteiger partial charge in [-0.3, -0.25) is 0 Å². The summed E-state index contributed by atoms with van der Waals surface area (Å²) in [7, 11) is 0. The smallest absolute Gasteiger partial charge is 0.153 e. The monoisotopic (exact) mass is 202 g/mol. The van der Waals surface area contributed by atoms with Gasteiger partial charge in [-0.2, -0.15) is 21.0 Å². The van der Waals surface area contributed by atoms with Crippen LogP contribution in [0.25, 0.3) is 0 Å². The zero-order valence-electron chi connectivity index (χ0n) is 6.90. The largest absolute Gasteiger partial charge is 0.197 e. The highest BCUT2D eigenvalue weighted by molar-refractivity contribution is 6.31. The van der Waals surface area contributed by atoms with Gasteiger partial charge in [0.05, 0.1) is 12.1 Å². The summed E-state index contributed by atoms with van der Waals surface area (Å²) in [4.78, 5) is 0. The van der Waals surface area contributed by atoms with Crippen molar-refractivity contribution in [1.29, 1.82) is 21.0 Å². The number of allylic oxidation sites excluding steroid dienone is 4. The second-order valence-corrected chi connectivity index (χ2v) is 2.51. The molecule has 0 N–H and O–H groups in total. The average molecular weight is 203 g/mol. The molecule has 0 amide bonds. The third-order valence-electron chi connectivity index (χ3n) is 1.13. The van der Waals surface area contributed by atoms with Crippen molar-refractivity contribution in [3.05, 3.63) is 22.8 Å². The first-order valence-corrected chi connectivity index (χ1v) is 3.74. The Morgan fingerprint density at radius 2 is 1.57 bits per heavy atom. The summed E-state index contributed by atoms with van der Waals surface area (Å²) < 4.78 is 0. The summed E-state index contributed by atoms with van der Waals surface area (Å²) >= 11 is 5.57. The van der Waals surface area contributed by atoms with Crippen LogP contribution in [0, 0.1) is 51.2 Å². The first-order chi connectivity index (χ1) is 6.67. The first-order valence-electron chi connectivity index (χ1n) is 3.36. The van der Waals surface area contributed by atoms with Gasteiger partial charge < -0.3 is 0 Å². The minimum absolute atomic E-state index is 0.0243. The number of rotatable bonds is 2. The van der Waals surface area contributed by atoms with Crippen LogP contribution >= 0.6 is 11.6 Å². The molecule has 0 atom stereocenters. The predicted molar refractivity (Wildman–Crippen MR) is 48.0 cm³/mol. The summed E-state index contributed by atoms with van der Waals surface area (Å²) in [6, 6.07) is 6.55. The second-order valence-electron chi connectivity index (χ2n) is 2.07. The SMILES string of the molecule is N#CC(C#N)=C/C(Cl)=C\C(C#N)C#N. The molecule has 0 aromatic carbocycles. The van der Waals surface area contributed by atoms with E-state index < -0.39 is 5.92 Å². The maximum Gasteiger partial charge on any atom is 0.153 e. The fourth-order valence-corrected chi connectivity index (χ4v) is 0.773. The second kappa shape index (κ2) is 6.27. The minimum Gasteiger partial charge on any atom is -0.197 e. The van der Waals surface area contributed by atoms with E-state index in [0.717, 1.165) is 12.2 Å². The number of hydrogen-bond donors (Lipinski definition) is 0. The van der Waals surface area contributed by atoms with Gasteiger partial charge in [0.15, 0.2) is 5.92 Å². The summed E-state index contributed by atoms with van der Waals surface area (Å²) in [6.45, 7) is 0. The number of halogens is 1. The van der Waals surface area contributed by atoms with Crippen LogP contribution in [-0.4, -0.2) is 0 Å². The van der Waals surface area contributed by atoms with Crippen molar-refractivity contribution in [2.45, 2.75) is 0 Å². The van der Waals surface area contributed by atoms with Gasteiger partial charge >= 0.3 is 0 Å². The lowest BCUT2D eigenvalue weighted by Gasteiger charge is -1.89. The molecule has 0 rings (SSSR count). The summed E-state index contributed by atoms with van der Waals surface area (Å²) in [5.74, 6) is -0.975. The molecule has 0 aliphatic rings. The Hall–Kier alpha value is -2.27. The molecule has 0 heterocycles. The van der Waals surface area contributed by atoms with E-state index in [0.29, 0.717) is 0 Å². The lowest BCUT2D eigenvalue weighted by molar-refractivity contribution is 1.09. The van der Waals surface area contributed by atoms with Crippen molar-refractivity contribution < 1.29 is 0 Å². The van der Waals surface area contributed by atoms with E-state index in [2.05, 4.69) is 0 Å². The fourth-order valence-electron chi connectivity index (χ4n) is 0.538. The van der Waals surface area contributed by atoms with Crippen LogP contribution in [0.5, 0.6) is 0 Å². The van der Waals surface area contributed by atoms with Gasteiger partial charge in [0, 0.05) is 5.03 Å². The molecule has 0 aromatic rings. The molecule has 0 saturated heterocycles. The van der Waals surface area contributed by atoms with E-state index >= 15 is 0 Å². The minimum atomic E-state index is -0.975. The van der Waals surface area contributed by atoms with Gasteiger partial charge in [-0.25, -0.2) is 0 Å². The topological polar surface area (TPSA) is 95.2 Å². The first kappa shape index (κ1) is 11.7. The highest BCUT2D eigenvalue weighted by atomic mass is 35.5. The molecule has 0 fully saturated rings. The molecule has 0 aliphatic heterocycles. The maximum absolute atomic E-state index is 8.40. The Labute approximate surface area is 86.2 Å². The van der Waals surface area contributed by atoms with Gasteiger partial charge in [-0.05, 0) is 12.2 Å². The van der Waals surface area contributed by atoms with Crippen LogP contribution in [-0.2, 0) is 0 Å². The van der Waals surface area contributed by atoms with Crippen molar-refractivity contribution >= 4 is 11.6 Å². The number of nitrogens with zero attached hydrogens (tertiary/aromatic N) is 4. The van der Waals surface area contributed by atoms with Gasteiger partial charge in [0.1, 0.15) is 17.7 Å². The summed E-state index contributed by atoms with van der Waals surface area (Å²) in [5, 5.41) is 33.6. The lowest BCUT2D eigenvalue weighted by Crippen LogP contribution is -1.86. The molecular weight excluding hydrogens is 200 g/mol. The zero-order valence-corrected chi connectivity index (χ0v) is 7.65. The third-order valence-corrected chi connectivity index (χ3v) is 1.36. The lowest BCUT2D eigenvalue weighted by atomic mass is 10.1. The Morgan fingerprint density at radius 3 is 1.93 bits per heavy atom. The van der Waals surface area contributed by atoms with Crippen molar-refractivity contribution in [2.75, 3.05) is 0 Å². The molecule has 0 bridgehead atoms. The van der Waals surface area contributed by atoms with Crippen molar-refractivity contribution in [3.8, 4) is 24.3 Å². The van der Waals surface area contributed by atoms with Crippen molar-refractivity contribution in [2.24, 2.45) is 5.92 Å². The highest BCUT2D eigenvalue weighted by Crippen LogP contribution is 2.10. The van der Waals surface area contributed by atoms with Crippen LogP contribution < -0.4 is 0 Å². The van der Waals surface area contributed by atoms with Crippen LogP contribution in [0.4, 0.5) is 0 Å². The van der Waals surface area contributed by atoms with Crippen LogP contribution in [0.3, 0.4) is 0 Å². The average Bonchev–Trinajstić information content (AvgIpc) is 2.22. The quantitative estimate of drug-likeness (QED) is 0.503. The zero-order chi connectivity index (χ0) is 11.0. The Balaban J connectivity index is 4.87. The molecule has 66 valence electrons. The maximum atomic E-state index is 8.40. The summed E-state index contributed by atoms with van der Waals surface area (Å²) in [6.07, 6.45) is 2.26. The van der Waals surface area contributed by atoms with Crippen LogP contribution in [0.2, 0.25) is 0 Å². The Bertz CT molecular complexity index is 403. The van der Waals surface area contributed by atoms with Gasteiger partial charge in [0.2, 0.25) is 0 Å². The van der Waals surface area contributed by atoms with E-state index in [9.17, 15) is 0 Å². The van der Waals surface area contributed by atoms with Crippen molar-refractivity contribution in [1.82, 2.24) is 0 Å².